The van der Waals surface area contributed by atoms with Gasteiger partial charge in [-0.25, -0.2) is 4.79 Å². The Balaban J connectivity index is 1.68. The molecule has 0 atom stereocenters. The minimum absolute atomic E-state index is 0.0387. The summed E-state index contributed by atoms with van der Waals surface area (Å²) in [6.45, 7) is 4.96. The van der Waals surface area contributed by atoms with Gasteiger partial charge in [0.25, 0.3) is 0 Å². The number of carbonyl (C=O) groups excluding carboxylic acids is 2. The molecule has 1 heterocycles. The molecule has 0 saturated carbocycles. The molecule has 0 bridgehead atoms. The Morgan fingerprint density at radius 3 is 2.61 bits per heavy atom. The van der Waals surface area contributed by atoms with Crippen LogP contribution in [0.3, 0.4) is 0 Å². The van der Waals surface area contributed by atoms with Gasteiger partial charge in [-0.1, -0.05) is 29.3 Å². The number of urea groups is 1. The Hall–Kier alpha value is -2.54. The summed E-state index contributed by atoms with van der Waals surface area (Å²) in [6.07, 6.45) is 2.86. The number of hydrogen-bond acceptors (Lipinski definition) is 3. The number of ether oxygens (including phenoxy) is 1. The fourth-order valence-electron chi connectivity index (χ4n) is 3.17. The van der Waals surface area contributed by atoms with E-state index in [4.69, 9.17) is 4.74 Å². The SMILES string of the molecule is CCCCOc1ccc(NC(=O)Nc2cc(Br)cc3c2N(C(C)=O)CC3)cc1. The lowest BCUT2D eigenvalue weighted by Crippen LogP contribution is -2.28. The van der Waals surface area contributed by atoms with Gasteiger partial charge in [-0.2, -0.15) is 0 Å². The highest BCUT2D eigenvalue weighted by molar-refractivity contribution is 9.10. The van der Waals surface area contributed by atoms with Crippen LogP contribution >= 0.6 is 15.9 Å². The van der Waals surface area contributed by atoms with Crippen molar-refractivity contribution in [2.75, 3.05) is 28.7 Å². The molecule has 1 aliphatic rings. The molecule has 0 radical (unpaired) electrons. The van der Waals surface area contributed by atoms with Gasteiger partial charge in [-0.15, -0.1) is 0 Å². The van der Waals surface area contributed by atoms with E-state index >= 15 is 0 Å². The third-order valence-electron chi connectivity index (χ3n) is 4.54. The maximum Gasteiger partial charge on any atom is 0.323 e. The smallest absolute Gasteiger partial charge is 0.323 e. The molecule has 7 heteroatoms. The topological polar surface area (TPSA) is 70.7 Å². The molecule has 0 fully saturated rings. The van der Waals surface area contributed by atoms with Crippen LogP contribution in [0.1, 0.15) is 32.3 Å². The van der Waals surface area contributed by atoms with Crippen LogP contribution in [0.25, 0.3) is 0 Å². The van der Waals surface area contributed by atoms with Crippen LogP contribution < -0.4 is 20.3 Å². The van der Waals surface area contributed by atoms with E-state index in [0.717, 1.165) is 40.7 Å². The van der Waals surface area contributed by atoms with E-state index < -0.39 is 0 Å². The summed E-state index contributed by atoms with van der Waals surface area (Å²) >= 11 is 3.47. The van der Waals surface area contributed by atoms with E-state index in [2.05, 4.69) is 33.5 Å². The molecule has 2 aromatic rings. The number of amides is 3. The normalized spacial score (nSPS) is 12.5. The zero-order valence-electron chi connectivity index (χ0n) is 16.0. The van der Waals surface area contributed by atoms with E-state index in [9.17, 15) is 9.59 Å². The number of nitrogens with zero attached hydrogens (tertiary/aromatic N) is 1. The quantitative estimate of drug-likeness (QED) is 0.601. The maximum absolute atomic E-state index is 12.5. The van der Waals surface area contributed by atoms with E-state index in [1.165, 1.54) is 6.92 Å². The second-order valence-corrected chi connectivity index (χ2v) is 7.60. The number of hydrogen-bond donors (Lipinski definition) is 2. The van der Waals surface area contributed by atoms with E-state index in [1.807, 2.05) is 24.3 Å². The molecular weight excluding hydrogens is 422 g/mol. The molecule has 6 nitrogen and oxygen atoms in total. The van der Waals surface area contributed by atoms with Gasteiger partial charge >= 0.3 is 6.03 Å². The van der Waals surface area contributed by atoms with Crippen molar-refractivity contribution in [2.45, 2.75) is 33.1 Å². The zero-order chi connectivity index (χ0) is 20.1. The van der Waals surface area contributed by atoms with Crippen LogP contribution in [-0.4, -0.2) is 25.1 Å². The monoisotopic (exact) mass is 445 g/mol. The highest BCUT2D eigenvalue weighted by Gasteiger charge is 2.26. The number of carbonyl (C=O) groups is 2. The summed E-state index contributed by atoms with van der Waals surface area (Å²) in [5.74, 6) is 0.740. The van der Waals surface area contributed by atoms with Crippen molar-refractivity contribution in [3.05, 3.63) is 46.4 Å². The van der Waals surface area contributed by atoms with Crippen molar-refractivity contribution >= 4 is 44.9 Å². The van der Waals surface area contributed by atoms with Crippen LogP contribution in [0, 0.1) is 0 Å². The lowest BCUT2D eigenvalue weighted by Gasteiger charge is -2.19. The van der Waals surface area contributed by atoms with Gasteiger partial charge in [0.2, 0.25) is 5.91 Å². The molecule has 0 saturated heterocycles. The van der Waals surface area contributed by atoms with Crippen LogP contribution in [-0.2, 0) is 11.2 Å². The Morgan fingerprint density at radius 2 is 1.93 bits per heavy atom. The number of anilines is 3. The largest absolute Gasteiger partial charge is 0.494 e. The van der Waals surface area contributed by atoms with Gasteiger partial charge in [0.15, 0.2) is 0 Å². The van der Waals surface area contributed by atoms with Crippen LogP contribution in [0.2, 0.25) is 0 Å². The average Bonchev–Trinajstić information content (AvgIpc) is 3.07. The summed E-state index contributed by atoms with van der Waals surface area (Å²) in [6, 6.07) is 10.7. The zero-order valence-corrected chi connectivity index (χ0v) is 17.6. The predicted molar refractivity (Wildman–Crippen MR) is 115 cm³/mol. The molecule has 0 aromatic heterocycles. The predicted octanol–water partition coefficient (Wildman–Crippen LogP) is 5.18. The highest BCUT2D eigenvalue weighted by Crippen LogP contribution is 2.38. The molecule has 3 amide bonds. The molecule has 148 valence electrons. The molecule has 0 aliphatic carbocycles. The van der Waals surface area contributed by atoms with Crippen molar-refractivity contribution < 1.29 is 14.3 Å². The first kappa shape index (κ1) is 20.2. The molecule has 1 aliphatic heterocycles. The molecule has 28 heavy (non-hydrogen) atoms. The third kappa shape index (κ3) is 4.84. The van der Waals surface area contributed by atoms with Gasteiger partial charge < -0.3 is 20.3 Å². The van der Waals surface area contributed by atoms with Crippen molar-refractivity contribution in [1.82, 2.24) is 0 Å². The standard InChI is InChI=1S/C21H24BrN3O3/c1-3-4-11-28-18-7-5-17(6-8-18)23-21(27)24-19-13-16(22)12-15-9-10-25(14(2)26)20(15)19/h5-8,12-13H,3-4,9-11H2,1-2H3,(H2,23,24,27). The third-order valence-corrected chi connectivity index (χ3v) is 4.99. The fraction of sp³-hybridized carbons (Fsp3) is 0.333. The molecule has 2 N–H and O–H groups in total. The van der Waals surface area contributed by atoms with Gasteiger partial charge in [-0.05, 0) is 54.8 Å². The second kappa shape index (κ2) is 9.10. The minimum Gasteiger partial charge on any atom is -0.494 e. The van der Waals surface area contributed by atoms with E-state index in [0.29, 0.717) is 24.5 Å². The maximum atomic E-state index is 12.5. The van der Waals surface area contributed by atoms with Crippen LogP contribution in [0.5, 0.6) is 5.75 Å². The molecule has 0 unspecified atom stereocenters. The number of nitrogens with one attached hydrogen (secondary N) is 2. The van der Waals surface area contributed by atoms with Gasteiger partial charge in [0.05, 0.1) is 18.0 Å². The number of fused-ring (bicyclic) bond motifs is 1. The number of unbranched alkanes of at least 4 members (excludes halogenated alkanes) is 1. The summed E-state index contributed by atoms with van der Waals surface area (Å²) in [5, 5.41) is 5.68. The first-order chi connectivity index (χ1) is 13.5. The fourth-order valence-corrected chi connectivity index (χ4v) is 3.68. The minimum atomic E-state index is -0.365. The average molecular weight is 446 g/mol. The number of halogens is 1. The van der Waals surface area contributed by atoms with Gasteiger partial charge in [-0.3, -0.25) is 4.79 Å². The second-order valence-electron chi connectivity index (χ2n) is 6.69. The van der Waals surface area contributed by atoms with Crippen molar-refractivity contribution in [3.8, 4) is 5.75 Å². The van der Waals surface area contributed by atoms with Crippen LogP contribution in [0.4, 0.5) is 21.9 Å². The van der Waals surface area contributed by atoms with E-state index in [-0.39, 0.29) is 11.9 Å². The van der Waals surface area contributed by atoms with Crippen LogP contribution in [0.15, 0.2) is 40.9 Å². The summed E-state index contributed by atoms with van der Waals surface area (Å²) in [7, 11) is 0. The van der Waals surface area contributed by atoms with Crippen molar-refractivity contribution in [3.63, 3.8) is 0 Å². The van der Waals surface area contributed by atoms with Gasteiger partial charge in [0, 0.05) is 23.6 Å². The van der Waals surface area contributed by atoms with Gasteiger partial charge in [0.1, 0.15) is 5.75 Å². The highest BCUT2D eigenvalue weighted by atomic mass is 79.9. The Labute approximate surface area is 173 Å². The van der Waals surface area contributed by atoms with Crippen molar-refractivity contribution in [2.24, 2.45) is 0 Å². The first-order valence-corrected chi connectivity index (χ1v) is 10.2. The van der Waals surface area contributed by atoms with E-state index in [1.54, 1.807) is 17.0 Å². The lowest BCUT2D eigenvalue weighted by molar-refractivity contribution is -0.116. The number of rotatable bonds is 6. The Kier molecular flexibility index (Phi) is 6.57. The Bertz CT molecular complexity index is 868. The van der Waals surface area contributed by atoms with Crippen molar-refractivity contribution in [1.29, 1.82) is 0 Å². The molecular formula is C21H24BrN3O3. The summed E-state index contributed by atoms with van der Waals surface area (Å²) in [5.41, 5.74) is 3.07. The number of benzene rings is 2. The first-order valence-electron chi connectivity index (χ1n) is 9.39. The summed E-state index contributed by atoms with van der Waals surface area (Å²) < 4.78 is 6.49. The lowest BCUT2D eigenvalue weighted by atomic mass is 10.1. The molecule has 3 rings (SSSR count). The molecule has 0 spiro atoms. The Morgan fingerprint density at radius 1 is 1.18 bits per heavy atom. The summed E-state index contributed by atoms with van der Waals surface area (Å²) in [4.78, 5) is 26.1. The molecule has 2 aromatic carbocycles.